The Bertz CT molecular complexity index is 1140. The van der Waals surface area contributed by atoms with Gasteiger partial charge in [0.15, 0.2) is 0 Å². The maximum atomic E-state index is 13.7. The molecule has 0 unspecified atom stereocenters. The Kier molecular flexibility index (Phi) is 3.82. The van der Waals surface area contributed by atoms with E-state index in [9.17, 15) is 9.59 Å². The van der Waals surface area contributed by atoms with Crippen LogP contribution in [-0.4, -0.2) is 32.8 Å². The Labute approximate surface area is 175 Å². The topological polar surface area (TPSA) is 56.4 Å². The Balaban J connectivity index is 1.48. The minimum absolute atomic E-state index is 0.0512. The number of rotatable bonds is 2. The van der Waals surface area contributed by atoms with Crippen LogP contribution in [0.3, 0.4) is 0 Å². The predicted octanol–water partition coefficient (Wildman–Crippen LogP) is 4.72. The van der Waals surface area contributed by atoms with Crippen LogP contribution in [0.4, 0.5) is 4.79 Å². The second kappa shape index (κ2) is 6.46. The van der Waals surface area contributed by atoms with Crippen molar-refractivity contribution in [2.75, 3.05) is 0 Å². The van der Waals surface area contributed by atoms with Crippen molar-refractivity contribution < 1.29 is 9.59 Å². The number of amides is 3. The van der Waals surface area contributed by atoms with Gasteiger partial charge < -0.3 is 9.88 Å². The largest absolute Gasteiger partial charge is 0.356 e. The van der Waals surface area contributed by atoms with Gasteiger partial charge in [0.1, 0.15) is 6.04 Å². The molecule has 3 amide bonds. The lowest BCUT2D eigenvalue weighted by atomic mass is 9.73. The van der Waals surface area contributed by atoms with Gasteiger partial charge in [0.05, 0.1) is 12.1 Å². The van der Waals surface area contributed by atoms with Crippen molar-refractivity contribution in [1.82, 2.24) is 14.8 Å². The average Bonchev–Trinajstić information content (AvgIpc) is 3.28. The van der Waals surface area contributed by atoms with Crippen molar-refractivity contribution in [3.05, 3.63) is 71.4 Å². The zero-order valence-corrected chi connectivity index (χ0v) is 16.9. The maximum Gasteiger partial charge on any atom is 0.328 e. The highest BCUT2D eigenvalue weighted by Crippen LogP contribution is 2.51. The summed E-state index contributed by atoms with van der Waals surface area (Å²) < 4.78 is 0. The van der Waals surface area contributed by atoms with E-state index in [2.05, 4.69) is 23.2 Å². The quantitative estimate of drug-likeness (QED) is 0.634. The van der Waals surface area contributed by atoms with Crippen LogP contribution >= 0.6 is 0 Å². The Morgan fingerprint density at radius 1 is 0.933 bits per heavy atom. The number of benzene rings is 2. The van der Waals surface area contributed by atoms with E-state index in [0.717, 1.165) is 36.8 Å². The standard InChI is InChI=1S/C25H25N3O2/c29-23-21-15-19-18-11-5-6-12-20(18)26-22(19)25(13-7-2-8-14-25)28(21)24(30)27(23)16-17-9-3-1-4-10-17/h1,3-6,9-12,21,26H,2,7-8,13-16H2/t21-/m0/s1. The molecule has 2 aromatic carbocycles. The number of nitrogens with one attached hydrogen (secondary N) is 1. The number of imide groups is 1. The minimum atomic E-state index is -0.397. The van der Waals surface area contributed by atoms with E-state index < -0.39 is 11.6 Å². The first-order valence-corrected chi connectivity index (χ1v) is 11.0. The third-order valence-electron chi connectivity index (χ3n) is 7.30. The third-order valence-corrected chi connectivity index (χ3v) is 7.30. The molecule has 0 bridgehead atoms. The lowest BCUT2D eigenvalue weighted by Crippen LogP contribution is -2.56. The van der Waals surface area contributed by atoms with Crippen molar-refractivity contribution in [2.24, 2.45) is 0 Å². The molecular formula is C25H25N3O2. The summed E-state index contributed by atoms with van der Waals surface area (Å²) in [6.45, 7) is 0.344. The van der Waals surface area contributed by atoms with E-state index in [1.165, 1.54) is 28.0 Å². The van der Waals surface area contributed by atoms with E-state index in [1.54, 1.807) is 0 Å². The zero-order chi connectivity index (χ0) is 20.3. The number of carbonyl (C=O) groups excluding carboxylic acids is 2. The van der Waals surface area contributed by atoms with Crippen molar-refractivity contribution in [3.8, 4) is 0 Å². The summed E-state index contributed by atoms with van der Waals surface area (Å²) in [6, 6.07) is 17.6. The van der Waals surface area contributed by atoms with Gasteiger partial charge in [0, 0.05) is 23.0 Å². The lowest BCUT2D eigenvalue weighted by molar-refractivity contribution is -0.130. The SMILES string of the molecule is O=C1[C@@H]2Cc3c([nH]c4ccccc34)C3(CCCCC3)N2C(=O)N1Cc1ccccc1. The molecule has 0 radical (unpaired) electrons. The number of fused-ring (bicyclic) bond motifs is 6. The summed E-state index contributed by atoms with van der Waals surface area (Å²) in [6.07, 6.45) is 5.78. The second-order valence-corrected chi connectivity index (χ2v) is 8.90. The molecule has 6 rings (SSSR count). The molecule has 2 fully saturated rings. The first-order chi connectivity index (χ1) is 14.7. The van der Waals surface area contributed by atoms with Gasteiger partial charge in [-0.25, -0.2) is 4.79 Å². The molecule has 5 nitrogen and oxygen atoms in total. The Morgan fingerprint density at radius 3 is 2.47 bits per heavy atom. The maximum absolute atomic E-state index is 13.7. The summed E-state index contributed by atoms with van der Waals surface area (Å²) in [7, 11) is 0. The molecule has 1 N–H and O–H groups in total. The van der Waals surface area contributed by atoms with Gasteiger partial charge in [-0.05, 0) is 30.0 Å². The summed E-state index contributed by atoms with van der Waals surface area (Å²) in [5, 5.41) is 1.19. The summed E-state index contributed by atoms with van der Waals surface area (Å²) in [5.74, 6) is -0.0512. The molecule has 3 aromatic rings. The molecule has 3 aliphatic rings. The van der Waals surface area contributed by atoms with Crippen LogP contribution in [0, 0.1) is 0 Å². The Morgan fingerprint density at radius 2 is 1.67 bits per heavy atom. The van der Waals surface area contributed by atoms with Gasteiger partial charge in [-0.2, -0.15) is 0 Å². The van der Waals surface area contributed by atoms with Crippen LogP contribution in [0.15, 0.2) is 54.6 Å². The third kappa shape index (κ3) is 2.35. The molecule has 5 heteroatoms. The fourth-order valence-corrected chi connectivity index (χ4v) is 5.97. The summed E-state index contributed by atoms with van der Waals surface area (Å²) in [4.78, 5) is 34.3. The average molecular weight is 399 g/mol. The van der Waals surface area contributed by atoms with Gasteiger partial charge in [-0.3, -0.25) is 9.69 Å². The zero-order valence-electron chi connectivity index (χ0n) is 16.9. The predicted molar refractivity (Wildman–Crippen MR) is 115 cm³/mol. The molecule has 3 heterocycles. The Hall–Kier alpha value is -3.08. The number of carbonyl (C=O) groups is 2. The van der Waals surface area contributed by atoms with Gasteiger partial charge in [-0.1, -0.05) is 67.8 Å². The van der Waals surface area contributed by atoms with Crippen LogP contribution in [0.5, 0.6) is 0 Å². The molecule has 2 aliphatic heterocycles. The number of aromatic nitrogens is 1. The highest BCUT2D eigenvalue weighted by molar-refractivity contribution is 6.05. The molecule has 1 spiro atoms. The highest BCUT2D eigenvalue weighted by atomic mass is 16.2. The number of H-pyrrole nitrogens is 1. The molecule has 1 atom stereocenters. The fourth-order valence-electron chi connectivity index (χ4n) is 5.97. The van der Waals surface area contributed by atoms with Gasteiger partial charge >= 0.3 is 6.03 Å². The molecule has 1 aromatic heterocycles. The van der Waals surface area contributed by atoms with Crippen molar-refractivity contribution in [1.29, 1.82) is 0 Å². The lowest BCUT2D eigenvalue weighted by Gasteiger charge is -2.49. The monoisotopic (exact) mass is 399 g/mol. The highest BCUT2D eigenvalue weighted by Gasteiger charge is 2.58. The number of urea groups is 1. The van der Waals surface area contributed by atoms with Crippen LogP contribution < -0.4 is 0 Å². The number of nitrogens with zero attached hydrogens (tertiary/aromatic N) is 2. The van der Waals surface area contributed by atoms with Crippen LogP contribution in [0.2, 0.25) is 0 Å². The van der Waals surface area contributed by atoms with Crippen molar-refractivity contribution in [2.45, 2.75) is 56.7 Å². The van der Waals surface area contributed by atoms with Gasteiger partial charge in [0.2, 0.25) is 0 Å². The van der Waals surface area contributed by atoms with E-state index in [1.807, 2.05) is 41.3 Å². The second-order valence-electron chi connectivity index (χ2n) is 8.90. The van der Waals surface area contributed by atoms with E-state index in [0.29, 0.717) is 13.0 Å². The first kappa shape index (κ1) is 17.8. The molecule has 1 saturated carbocycles. The first-order valence-electron chi connectivity index (χ1n) is 11.0. The van der Waals surface area contributed by atoms with Crippen LogP contribution in [0.1, 0.15) is 48.9 Å². The van der Waals surface area contributed by atoms with E-state index >= 15 is 0 Å². The van der Waals surface area contributed by atoms with Crippen LogP contribution in [-0.2, 0) is 23.3 Å². The van der Waals surface area contributed by atoms with Crippen LogP contribution in [0.25, 0.3) is 10.9 Å². The van der Waals surface area contributed by atoms with Crippen molar-refractivity contribution in [3.63, 3.8) is 0 Å². The van der Waals surface area contributed by atoms with Crippen molar-refractivity contribution >= 4 is 22.8 Å². The molecule has 1 aliphatic carbocycles. The number of hydrogen-bond acceptors (Lipinski definition) is 2. The fraction of sp³-hybridized carbons (Fsp3) is 0.360. The van der Waals surface area contributed by atoms with E-state index in [4.69, 9.17) is 0 Å². The van der Waals surface area contributed by atoms with Gasteiger partial charge in [0.25, 0.3) is 5.91 Å². The molecule has 1 saturated heterocycles. The number of aromatic amines is 1. The molecule has 152 valence electrons. The normalized spacial score (nSPS) is 22.6. The molecular weight excluding hydrogens is 374 g/mol. The van der Waals surface area contributed by atoms with E-state index in [-0.39, 0.29) is 11.9 Å². The smallest absolute Gasteiger partial charge is 0.328 e. The number of para-hydroxylation sites is 1. The summed E-state index contributed by atoms with van der Waals surface area (Å²) >= 11 is 0. The summed E-state index contributed by atoms with van der Waals surface area (Å²) in [5.41, 5.74) is 4.10. The van der Waals surface area contributed by atoms with Gasteiger partial charge in [-0.15, -0.1) is 0 Å². The number of hydrogen-bond donors (Lipinski definition) is 1. The minimum Gasteiger partial charge on any atom is -0.356 e. The molecule has 30 heavy (non-hydrogen) atoms.